The number of carbonyl (C=O) groups is 1. The number of nitrogens with one attached hydrogen (secondary N) is 1. The Morgan fingerprint density at radius 2 is 1.94 bits per heavy atom. The van der Waals surface area contributed by atoms with Gasteiger partial charge >= 0.3 is 0 Å². The van der Waals surface area contributed by atoms with Crippen molar-refractivity contribution >= 4 is 29.0 Å². The average Bonchev–Trinajstić information content (AvgIpc) is 3.42. The molecule has 5 atom stereocenters. The fraction of sp³-hybridized carbons (Fsp3) is 0.654. The zero-order chi connectivity index (χ0) is 23.4. The molecule has 3 heterocycles. The van der Waals surface area contributed by atoms with Crippen LogP contribution in [0.2, 0.25) is 5.02 Å². The number of carbonyl (C=O) groups excluding carboxylic acids is 1. The van der Waals surface area contributed by atoms with E-state index in [-0.39, 0.29) is 11.8 Å². The van der Waals surface area contributed by atoms with Crippen LogP contribution < -0.4 is 10.3 Å². The molecule has 2 unspecified atom stereocenters. The molecule has 4 fully saturated rings. The lowest BCUT2D eigenvalue weighted by Gasteiger charge is -2.28. The van der Waals surface area contributed by atoms with Gasteiger partial charge in [-0.15, -0.1) is 0 Å². The molecule has 3 aliphatic heterocycles. The number of likely N-dealkylation sites (N-methyl/N-ethyl adjacent to an activating group) is 1. The summed E-state index contributed by atoms with van der Waals surface area (Å²) in [5.41, 5.74) is 1.47. The molecule has 1 amide bonds. The normalized spacial score (nSPS) is 33.2. The number of hydrogen-bond donors (Lipinski definition) is 1. The molecule has 2 saturated carbocycles. The van der Waals surface area contributed by atoms with E-state index in [0.29, 0.717) is 40.4 Å². The number of nitrogens with zero attached hydrogens (tertiary/aromatic N) is 5. The predicted molar refractivity (Wildman–Crippen MR) is 133 cm³/mol. The molecule has 0 radical (unpaired) electrons. The minimum absolute atomic E-state index is 0.184. The Balaban J connectivity index is 1.13. The predicted octanol–water partition coefficient (Wildman–Crippen LogP) is 3.29. The van der Waals surface area contributed by atoms with E-state index in [1.54, 1.807) is 6.07 Å². The Morgan fingerprint density at radius 1 is 1.18 bits per heavy atom. The van der Waals surface area contributed by atoms with Crippen LogP contribution in [-0.4, -0.2) is 66.9 Å². The monoisotopic (exact) mass is 480 g/mol. The number of halogens is 1. The van der Waals surface area contributed by atoms with Crippen molar-refractivity contribution in [2.45, 2.75) is 50.6 Å². The van der Waals surface area contributed by atoms with Crippen molar-refractivity contribution in [1.29, 1.82) is 5.26 Å². The van der Waals surface area contributed by atoms with E-state index < -0.39 is 0 Å². The molecule has 2 saturated heterocycles. The minimum atomic E-state index is 0.184. The summed E-state index contributed by atoms with van der Waals surface area (Å²) in [6, 6.07) is 8.47. The van der Waals surface area contributed by atoms with Gasteiger partial charge < -0.3 is 15.1 Å². The van der Waals surface area contributed by atoms with Crippen LogP contribution in [0, 0.1) is 35.0 Å². The second kappa shape index (κ2) is 8.73. The second-order valence-corrected chi connectivity index (χ2v) is 11.4. The third-order valence-corrected chi connectivity index (χ3v) is 9.12. The van der Waals surface area contributed by atoms with Crippen LogP contribution in [-0.2, 0) is 4.79 Å². The maximum Gasteiger partial charge on any atom is 0.224 e. The van der Waals surface area contributed by atoms with Gasteiger partial charge in [-0.3, -0.25) is 9.80 Å². The van der Waals surface area contributed by atoms with Gasteiger partial charge in [0, 0.05) is 38.0 Å². The number of fused-ring (bicyclic) bond motifs is 1. The Kier molecular flexibility index (Phi) is 5.69. The number of rotatable bonds is 4. The standard InChI is InChI=1S/C26H33ClN6O/c1-31-9-8-18(13-31)29-26(34)25-20-14-32(15-21(20)25)24-11-23(16-4-2-3-5-16)33(30-24)19-7-6-17(12-28)22(27)10-19/h6-7,10,16,18,20-21,23,25H,2-5,8-9,11,13-15H2,1H3,(H,29,34)/t18-,20-,21+,23?,25?/m1/s1. The average molecular weight is 481 g/mol. The number of amides is 1. The molecule has 0 aromatic heterocycles. The molecule has 8 heteroatoms. The first-order chi connectivity index (χ1) is 16.5. The number of piperidine rings is 1. The molecule has 6 rings (SSSR count). The van der Waals surface area contributed by atoms with Gasteiger partial charge in [-0.25, -0.2) is 0 Å². The summed E-state index contributed by atoms with van der Waals surface area (Å²) < 4.78 is 0. The number of benzene rings is 1. The number of hydrogen-bond acceptors (Lipinski definition) is 6. The maximum atomic E-state index is 12.8. The largest absolute Gasteiger partial charge is 0.358 e. The van der Waals surface area contributed by atoms with Crippen LogP contribution >= 0.6 is 11.6 Å². The van der Waals surface area contributed by atoms with E-state index >= 15 is 0 Å². The Bertz CT molecular complexity index is 1030. The lowest BCUT2D eigenvalue weighted by atomic mass is 9.94. The van der Waals surface area contributed by atoms with Crippen molar-refractivity contribution in [2.24, 2.45) is 28.8 Å². The SMILES string of the molecule is CN1CC[C@@H](NC(=O)C2[C@H]3CN(C4=NN(c5ccc(C#N)c(Cl)c5)C(C5CCCC5)C4)C[C@@H]23)C1. The van der Waals surface area contributed by atoms with Gasteiger partial charge in [0.1, 0.15) is 11.9 Å². The van der Waals surface area contributed by atoms with Gasteiger partial charge in [0.25, 0.3) is 0 Å². The summed E-state index contributed by atoms with van der Waals surface area (Å²) in [5.74, 6) is 3.16. The molecule has 180 valence electrons. The number of nitriles is 1. The molecule has 2 aliphatic carbocycles. The smallest absolute Gasteiger partial charge is 0.224 e. The highest BCUT2D eigenvalue weighted by molar-refractivity contribution is 6.32. The molecule has 7 nitrogen and oxygen atoms in total. The summed E-state index contributed by atoms with van der Waals surface area (Å²) in [4.78, 5) is 17.5. The van der Waals surface area contributed by atoms with E-state index in [4.69, 9.17) is 16.7 Å². The van der Waals surface area contributed by atoms with Crippen molar-refractivity contribution in [3.8, 4) is 6.07 Å². The molecule has 1 aromatic rings. The van der Waals surface area contributed by atoms with E-state index in [0.717, 1.165) is 50.5 Å². The van der Waals surface area contributed by atoms with Crippen molar-refractivity contribution in [3.63, 3.8) is 0 Å². The molecule has 34 heavy (non-hydrogen) atoms. The molecule has 1 N–H and O–H groups in total. The van der Waals surface area contributed by atoms with Gasteiger partial charge in [0.05, 0.1) is 22.3 Å². The number of likely N-dealkylation sites (tertiary alicyclic amines) is 2. The zero-order valence-electron chi connectivity index (χ0n) is 19.8. The van der Waals surface area contributed by atoms with Crippen LogP contribution in [0.15, 0.2) is 23.3 Å². The highest BCUT2D eigenvalue weighted by atomic mass is 35.5. The number of amidine groups is 1. The van der Waals surface area contributed by atoms with Crippen molar-refractivity contribution in [2.75, 3.05) is 38.2 Å². The van der Waals surface area contributed by atoms with Crippen LogP contribution in [0.25, 0.3) is 0 Å². The lowest BCUT2D eigenvalue weighted by Crippen LogP contribution is -2.40. The highest BCUT2D eigenvalue weighted by Gasteiger charge is 2.60. The van der Waals surface area contributed by atoms with Gasteiger partial charge in [0.2, 0.25) is 5.91 Å². The van der Waals surface area contributed by atoms with Crippen LogP contribution in [0.3, 0.4) is 0 Å². The molecule has 0 spiro atoms. The zero-order valence-corrected chi connectivity index (χ0v) is 20.5. The van der Waals surface area contributed by atoms with Gasteiger partial charge in [-0.05, 0) is 68.8 Å². The van der Waals surface area contributed by atoms with Crippen LogP contribution in [0.1, 0.15) is 44.1 Å². The maximum absolute atomic E-state index is 12.8. The first-order valence-electron chi connectivity index (χ1n) is 12.8. The van der Waals surface area contributed by atoms with Gasteiger partial charge in [-0.1, -0.05) is 24.4 Å². The van der Waals surface area contributed by atoms with E-state index in [2.05, 4.69) is 33.2 Å². The summed E-state index contributed by atoms with van der Waals surface area (Å²) in [6.45, 7) is 3.91. The lowest BCUT2D eigenvalue weighted by molar-refractivity contribution is -0.123. The summed E-state index contributed by atoms with van der Waals surface area (Å²) in [5, 5.41) is 20.3. The minimum Gasteiger partial charge on any atom is -0.358 e. The second-order valence-electron chi connectivity index (χ2n) is 11.0. The summed E-state index contributed by atoms with van der Waals surface area (Å²) in [6.07, 6.45) is 7.09. The molecule has 0 bridgehead atoms. The molecule has 5 aliphatic rings. The quantitative estimate of drug-likeness (QED) is 0.715. The summed E-state index contributed by atoms with van der Waals surface area (Å²) >= 11 is 6.37. The number of anilines is 1. The Morgan fingerprint density at radius 3 is 2.59 bits per heavy atom. The molecule has 1 aromatic carbocycles. The number of hydrazone groups is 1. The first kappa shape index (κ1) is 22.2. The Hall–Kier alpha value is -2.30. The van der Waals surface area contributed by atoms with E-state index in [9.17, 15) is 10.1 Å². The Labute approximate surface area is 206 Å². The van der Waals surface area contributed by atoms with Crippen molar-refractivity contribution in [1.82, 2.24) is 15.1 Å². The van der Waals surface area contributed by atoms with Gasteiger partial charge in [0.15, 0.2) is 0 Å². The van der Waals surface area contributed by atoms with Gasteiger partial charge in [-0.2, -0.15) is 10.4 Å². The summed E-state index contributed by atoms with van der Waals surface area (Å²) in [7, 11) is 2.12. The van der Waals surface area contributed by atoms with Crippen LogP contribution in [0.4, 0.5) is 5.69 Å². The highest BCUT2D eigenvalue weighted by Crippen LogP contribution is 2.52. The van der Waals surface area contributed by atoms with Crippen LogP contribution in [0.5, 0.6) is 0 Å². The topological polar surface area (TPSA) is 75.0 Å². The third-order valence-electron chi connectivity index (χ3n) is 8.81. The first-order valence-corrected chi connectivity index (χ1v) is 13.2. The fourth-order valence-electron chi connectivity index (χ4n) is 6.88. The van der Waals surface area contributed by atoms with E-state index in [1.165, 1.54) is 25.7 Å². The van der Waals surface area contributed by atoms with E-state index in [1.807, 2.05) is 12.1 Å². The fourth-order valence-corrected chi connectivity index (χ4v) is 7.09. The van der Waals surface area contributed by atoms with Crippen molar-refractivity contribution in [3.05, 3.63) is 28.8 Å². The molecular weight excluding hydrogens is 448 g/mol. The molecular formula is C26H33ClN6O. The van der Waals surface area contributed by atoms with Crippen molar-refractivity contribution < 1.29 is 4.79 Å². The third kappa shape index (κ3) is 3.95.